The van der Waals surface area contributed by atoms with Crippen molar-refractivity contribution in [3.63, 3.8) is 0 Å². The Hall–Kier alpha value is -2.68. The molecule has 0 atom stereocenters. The molecule has 0 aliphatic heterocycles. The number of fused-ring (bicyclic) bond motifs is 2. The lowest BCUT2D eigenvalue weighted by Gasteiger charge is -2.04. The SMILES string of the molecule is C=CC=C(C)n1cc(C(=C)C)c2nc3ccccc3nc21. The van der Waals surface area contributed by atoms with Gasteiger partial charge in [-0.25, -0.2) is 9.97 Å². The van der Waals surface area contributed by atoms with Gasteiger partial charge >= 0.3 is 0 Å². The average molecular weight is 275 g/mol. The maximum Gasteiger partial charge on any atom is 0.164 e. The minimum absolute atomic E-state index is 0.849. The van der Waals surface area contributed by atoms with Gasteiger partial charge in [-0.3, -0.25) is 0 Å². The van der Waals surface area contributed by atoms with Gasteiger partial charge in [0.25, 0.3) is 0 Å². The minimum Gasteiger partial charge on any atom is -0.303 e. The molecule has 0 saturated heterocycles. The maximum atomic E-state index is 4.77. The minimum atomic E-state index is 0.849. The summed E-state index contributed by atoms with van der Waals surface area (Å²) in [6.45, 7) is 11.8. The summed E-state index contributed by atoms with van der Waals surface area (Å²) < 4.78 is 2.04. The van der Waals surface area contributed by atoms with E-state index in [9.17, 15) is 0 Å². The van der Waals surface area contributed by atoms with Gasteiger partial charge < -0.3 is 4.57 Å². The van der Waals surface area contributed by atoms with Gasteiger partial charge in [-0.1, -0.05) is 31.4 Å². The van der Waals surface area contributed by atoms with E-state index in [0.29, 0.717) is 0 Å². The summed E-state index contributed by atoms with van der Waals surface area (Å²) in [4.78, 5) is 9.53. The summed E-state index contributed by atoms with van der Waals surface area (Å²) in [6, 6.07) is 7.91. The lowest BCUT2D eigenvalue weighted by molar-refractivity contribution is 1.11. The van der Waals surface area contributed by atoms with Crippen molar-refractivity contribution in [1.29, 1.82) is 0 Å². The third-order valence-electron chi connectivity index (χ3n) is 3.49. The van der Waals surface area contributed by atoms with Crippen LogP contribution in [-0.2, 0) is 0 Å². The van der Waals surface area contributed by atoms with Crippen LogP contribution in [0.25, 0.3) is 33.5 Å². The molecule has 3 rings (SSSR count). The predicted molar refractivity (Wildman–Crippen MR) is 89.9 cm³/mol. The quantitative estimate of drug-likeness (QED) is 0.651. The Kier molecular flexibility index (Phi) is 3.18. The van der Waals surface area contributed by atoms with Gasteiger partial charge in [0.1, 0.15) is 5.52 Å². The third kappa shape index (κ3) is 2.17. The molecule has 0 saturated carbocycles. The van der Waals surface area contributed by atoms with Crippen LogP contribution in [0.5, 0.6) is 0 Å². The highest BCUT2D eigenvalue weighted by molar-refractivity contribution is 5.93. The molecule has 0 unspecified atom stereocenters. The van der Waals surface area contributed by atoms with E-state index in [2.05, 4.69) is 13.2 Å². The van der Waals surface area contributed by atoms with E-state index in [1.54, 1.807) is 6.08 Å². The normalized spacial score (nSPS) is 12.0. The molecule has 0 spiro atoms. The van der Waals surface area contributed by atoms with Gasteiger partial charge in [0.05, 0.1) is 11.0 Å². The molecule has 0 N–H and O–H groups in total. The van der Waals surface area contributed by atoms with E-state index in [1.807, 2.05) is 55.0 Å². The molecule has 0 amide bonds. The Labute approximate surface area is 124 Å². The summed E-state index contributed by atoms with van der Waals surface area (Å²) in [6.07, 6.45) is 5.77. The zero-order chi connectivity index (χ0) is 15.0. The second kappa shape index (κ2) is 5.02. The van der Waals surface area contributed by atoms with Crippen LogP contribution >= 0.6 is 0 Å². The molecule has 104 valence electrons. The molecule has 0 aliphatic rings. The highest BCUT2D eigenvalue weighted by Gasteiger charge is 2.14. The Bertz CT molecular complexity index is 897. The average Bonchev–Trinajstić information content (AvgIpc) is 2.84. The number of hydrogen-bond donors (Lipinski definition) is 0. The fourth-order valence-corrected chi connectivity index (χ4v) is 2.42. The van der Waals surface area contributed by atoms with Crippen LogP contribution in [0.15, 0.2) is 55.8 Å². The zero-order valence-electron chi connectivity index (χ0n) is 12.3. The van der Waals surface area contributed by atoms with Gasteiger partial charge in [-0.05, 0) is 37.6 Å². The number of hydrogen-bond acceptors (Lipinski definition) is 2. The smallest absolute Gasteiger partial charge is 0.164 e. The summed E-state index contributed by atoms with van der Waals surface area (Å²) in [5, 5.41) is 0. The fraction of sp³-hybridized carbons (Fsp3) is 0.111. The van der Waals surface area contributed by atoms with Crippen LogP contribution in [-0.4, -0.2) is 14.5 Å². The predicted octanol–water partition coefficient (Wildman–Crippen LogP) is 4.66. The monoisotopic (exact) mass is 275 g/mol. The first kappa shape index (κ1) is 13.3. The van der Waals surface area contributed by atoms with Crippen LogP contribution in [0.4, 0.5) is 0 Å². The first-order valence-corrected chi connectivity index (χ1v) is 6.85. The van der Waals surface area contributed by atoms with Crippen molar-refractivity contribution < 1.29 is 0 Å². The second-order valence-corrected chi connectivity index (χ2v) is 5.12. The van der Waals surface area contributed by atoms with Crippen LogP contribution < -0.4 is 0 Å². The van der Waals surface area contributed by atoms with Crippen molar-refractivity contribution >= 4 is 33.5 Å². The van der Waals surface area contributed by atoms with Crippen molar-refractivity contribution in [3.05, 3.63) is 61.3 Å². The molecule has 1 aromatic carbocycles. The van der Waals surface area contributed by atoms with Crippen molar-refractivity contribution in [2.75, 3.05) is 0 Å². The topological polar surface area (TPSA) is 30.7 Å². The van der Waals surface area contributed by atoms with Crippen molar-refractivity contribution in [2.24, 2.45) is 0 Å². The number of nitrogens with zero attached hydrogens (tertiary/aromatic N) is 3. The van der Waals surface area contributed by atoms with Crippen molar-refractivity contribution in [2.45, 2.75) is 13.8 Å². The van der Waals surface area contributed by atoms with Gasteiger partial charge in [0.2, 0.25) is 0 Å². The van der Waals surface area contributed by atoms with Crippen LogP contribution in [0.1, 0.15) is 19.4 Å². The Morgan fingerprint density at radius 2 is 1.81 bits per heavy atom. The second-order valence-electron chi connectivity index (χ2n) is 5.12. The van der Waals surface area contributed by atoms with E-state index in [0.717, 1.165) is 39.0 Å². The van der Waals surface area contributed by atoms with Crippen molar-refractivity contribution in [3.8, 4) is 0 Å². The van der Waals surface area contributed by atoms with Gasteiger partial charge in [0, 0.05) is 17.5 Å². The van der Waals surface area contributed by atoms with E-state index in [4.69, 9.17) is 9.97 Å². The van der Waals surface area contributed by atoms with Gasteiger partial charge in [-0.15, -0.1) is 0 Å². The molecular formula is C18H17N3. The Morgan fingerprint density at radius 1 is 1.14 bits per heavy atom. The lowest BCUT2D eigenvalue weighted by Crippen LogP contribution is -1.94. The summed E-state index contributed by atoms with van der Waals surface area (Å²) in [5.74, 6) is 0. The molecule has 2 heterocycles. The number of para-hydroxylation sites is 2. The van der Waals surface area contributed by atoms with E-state index in [-0.39, 0.29) is 0 Å². The zero-order valence-corrected chi connectivity index (χ0v) is 12.3. The highest BCUT2D eigenvalue weighted by atomic mass is 15.1. The Balaban J connectivity index is 2.43. The lowest BCUT2D eigenvalue weighted by atomic mass is 10.1. The van der Waals surface area contributed by atoms with Crippen LogP contribution in [0.2, 0.25) is 0 Å². The molecule has 2 aromatic heterocycles. The molecular weight excluding hydrogens is 258 g/mol. The van der Waals surface area contributed by atoms with E-state index in [1.165, 1.54) is 0 Å². The largest absolute Gasteiger partial charge is 0.303 e. The summed E-state index contributed by atoms with van der Waals surface area (Å²) in [5.41, 5.74) is 6.59. The third-order valence-corrected chi connectivity index (χ3v) is 3.49. The summed E-state index contributed by atoms with van der Waals surface area (Å²) in [7, 11) is 0. The van der Waals surface area contributed by atoms with Crippen LogP contribution in [0.3, 0.4) is 0 Å². The maximum absolute atomic E-state index is 4.77. The molecule has 0 aliphatic carbocycles. The molecule has 0 fully saturated rings. The number of allylic oxidation sites excluding steroid dienone is 4. The molecule has 21 heavy (non-hydrogen) atoms. The Morgan fingerprint density at radius 3 is 2.43 bits per heavy atom. The number of aromatic nitrogens is 3. The molecule has 3 nitrogen and oxygen atoms in total. The van der Waals surface area contributed by atoms with Crippen LogP contribution in [0, 0.1) is 0 Å². The number of rotatable bonds is 3. The summed E-state index contributed by atoms with van der Waals surface area (Å²) >= 11 is 0. The first-order valence-electron chi connectivity index (χ1n) is 6.85. The number of benzene rings is 1. The fourth-order valence-electron chi connectivity index (χ4n) is 2.42. The van der Waals surface area contributed by atoms with E-state index < -0.39 is 0 Å². The molecule has 0 radical (unpaired) electrons. The van der Waals surface area contributed by atoms with Gasteiger partial charge in [0.15, 0.2) is 5.65 Å². The highest BCUT2D eigenvalue weighted by Crippen LogP contribution is 2.27. The molecule has 3 heteroatoms. The molecule has 0 bridgehead atoms. The van der Waals surface area contributed by atoms with E-state index >= 15 is 0 Å². The first-order chi connectivity index (χ1) is 10.1. The van der Waals surface area contributed by atoms with Gasteiger partial charge in [-0.2, -0.15) is 0 Å². The standard InChI is InChI=1S/C18H17N3/c1-5-8-13(4)21-11-14(12(2)3)17-18(21)20-16-10-7-6-9-15(16)19-17/h5-11H,1-2H2,3-4H3. The van der Waals surface area contributed by atoms with Crippen molar-refractivity contribution in [1.82, 2.24) is 14.5 Å². The molecule has 3 aromatic rings.